The molecule has 0 fully saturated rings. The molecule has 0 saturated carbocycles. The van der Waals surface area contributed by atoms with Crippen LogP contribution in [-0.2, 0) is 13.0 Å². The number of carbonyl (C=O) groups excluding carboxylic acids is 1. The van der Waals surface area contributed by atoms with Gasteiger partial charge in [-0.05, 0) is 41.8 Å². The molecule has 3 aromatic rings. The first-order valence-electron chi connectivity index (χ1n) is 8.91. The number of carbonyl (C=O) groups is 1. The van der Waals surface area contributed by atoms with E-state index in [9.17, 15) is 9.59 Å². The number of nitrogens with one attached hydrogen (secondary N) is 1. The molecule has 0 aliphatic carbocycles. The molecule has 5 heteroatoms. The first kappa shape index (κ1) is 18.9. The van der Waals surface area contributed by atoms with Gasteiger partial charge in [-0.1, -0.05) is 55.3 Å². The monoisotopic (exact) mass is 380 g/mol. The smallest absolute Gasteiger partial charge is 0.257 e. The molecule has 138 valence electrons. The highest BCUT2D eigenvalue weighted by Crippen LogP contribution is 2.16. The van der Waals surface area contributed by atoms with Gasteiger partial charge >= 0.3 is 0 Å². The van der Waals surface area contributed by atoms with Crippen LogP contribution < -0.4 is 10.9 Å². The highest BCUT2D eigenvalue weighted by atomic mass is 35.5. The third kappa shape index (κ3) is 4.86. The van der Waals surface area contributed by atoms with Gasteiger partial charge in [-0.2, -0.15) is 0 Å². The zero-order valence-electron chi connectivity index (χ0n) is 15.1. The number of halogens is 1. The molecule has 1 N–H and O–H groups in total. The number of benzene rings is 2. The van der Waals surface area contributed by atoms with Gasteiger partial charge in [0.05, 0.1) is 12.1 Å². The van der Waals surface area contributed by atoms with Crippen LogP contribution in [0.4, 0.5) is 5.69 Å². The molecule has 27 heavy (non-hydrogen) atoms. The van der Waals surface area contributed by atoms with E-state index >= 15 is 0 Å². The highest BCUT2D eigenvalue weighted by molar-refractivity contribution is 6.31. The van der Waals surface area contributed by atoms with Crippen LogP contribution in [-0.4, -0.2) is 10.5 Å². The second-order valence-electron chi connectivity index (χ2n) is 6.38. The second kappa shape index (κ2) is 8.69. The molecule has 0 unspecified atom stereocenters. The van der Waals surface area contributed by atoms with Crippen molar-refractivity contribution >= 4 is 23.2 Å². The largest absolute Gasteiger partial charge is 0.322 e. The average Bonchev–Trinajstić information content (AvgIpc) is 2.67. The second-order valence-corrected chi connectivity index (χ2v) is 6.78. The minimum Gasteiger partial charge on any atom is -0.322 e. The van der Waals surface area contributed by atoms with E-state index in [1.165, 1.54) is 22.3 Å². The van der Waals surface area contributed by atoms with Crippen LogP contribution in [0.1, 0.15) is 34.8 Å². The van der Waals surface area contributed by atoms with E-state index in [2.05, 4.69) is 12.2 Å². The van der Waals surface area contributed by atoms with Gasteiger partial charge in [0.15, 0.2) is 0 Å². The van der Waals surface area contributed by atoms with Gasteiger partial charge in [-0.25, -0.2) is 0 Å². The Morgan fingerprint density at radius 3 is 2.48 bits per heavy atom. The maximum Gasteiger partial charge on any atom is 0.257 e. The molecule has 0 spiro atoms. The number of nitrogens with zero attached hydrogens (tertiary/aromatic N) is 1. The predicted molar refractivity (Wildman–Crippen MR) is 110 cm³/mol. The van der Waals surface area contributed by atoms with Crippen LogP contribution in [0.15, 0.2) is 71.7 Å². The number of pyridine rings is 1. The summed E-state index contributed by atoms with van der Waals surface area (Å²) in [7, 11) is 0. The summed E-state index contributed by atoms with van der Waals surface area (Å²) in [6, 6.07) is 18.1. The summed E-state index contributed by atoms with van der Waals surface area (Å²) < 4.78 is 1.49. The van der Waals surface area contributed by atoms with E-state index in [1.54, 1.807) is 12.3 Å². The Hall–Kier alpha value is -2.85. The fourth-order valence-electron chi connectivity index (χ4n) is 2.85. The van der Waals surface area contributed by atoms with E-state index in [1.807, 2.05) is 42.5 Å². The number of anilines is 1. The summed E-state index contributed by atoms with van der Waals surface area (Å²) >= 11 is 6.18. The molecule has 0 saturated heterocycles. The van der Waals surface area contributed by atoms with Crippen molar-refractivity contribution in [3.63, 3.8) is 0 Å². The minimum atomic E-state index is -0.258. The van der Waals surface area contributed by atoms with Crippen LogP contribution in [0.3, 0.4) is 0 Å². The van der Waals surface area contributed by atoms with E-state index in [0.29, 0.717) is 17.1 Å². The highest BCUT2D eigenvalue weighted by Gasteiger charge is 2.09. The molecule has 1 heterocycles. The maximum atomic E-state index is 12.6. The molecule has 0 atom stereocenters. The summed E-state index contributed by atoms with van der Waals surface area (Å²) in [6.45, 7) is 2.44. The molecule has 1 amide bonds. The quantitative estimate of drug-likeness (QED) is 0.670. The topological polar surface area (TPSA) is 51.1 Å². The van der Waals surface area contributed by atoms with Gasteiger partial charge in [-0.3, -0.25) is 9.59 Å². The van der Waals surface area contributed by atoms with E-state index in [0.717, 1.165) is 24.1 Å². The Kier molecular flexibility index (Phi) is 6.09. The van der Waals surface area contributed by atoms with Crippen molar-refractivity contribution in [1.82, 2.24) is 4.57 Å². The first-order chi connectivity index (χ1) is 13.1. The van der Waals surface area contributed by atoms with Crippen LogP contribution in [0.5, 0.6) is 0 Å². The Labute approximate surface area is 163 Å². The van der Waals surface area contributed by atoms with E-state index < -0.39 is 0 Å². The van der Waals surface area contributed by atoms with Crippen LogP contribution >= 0.6 is 11.6 Å². The maximum absolute atomic E-state index is 12.6. The fraction of sp³-hybridized carbons (Fsp3) is 0.182. The van der Waals surface area contributed by atoms with Gasteiger partial charge in [0.25, 0.3) is 11.5 Å². The fourth-order valence-corrected chi connectivity index (χ4v) is 3.04. The summed E-state index contributed by atoms with van der Waals surface area (Å²) in [5.41, 5.74) is 3.02. The van der Waals surface area contributed by atoms with Crippen molar-refractivity contribution in [2.24, 2.45) is 0 Å². The van der Waals surface area contributed by atoms with Crippen molar-refractivity contribution in [1.29, 1.82) is 0 Å². The molecule has 2 aromatic carbocycles. The summed E-state index contributed by atoms with van der Waals surface area (Å²) in [4.78, 5) is 24.7. The third-order valence-corrected chi connectivity index (χ3v) is 4.66. The molecular formula is C22H21ClN2O2. The van der Waals surface area contributed by atoms with Crippen LogP contribution in [0.2, 0.25) is 5.02 Å². The molecule has 0 radical (unpaired) electrons. The number of hydrogen-bond acceptors (Lipinski definition) is 2. The molecule has 1 aromatic heterocycles. The Morgan fingerprint density at radius 1 is 1.04 bits per heavy atom. The zero-order chi connectivity index (χ0) is 19.2. The van der Waals surface area contributed by atoms with Crippen molar-refractivity contribution in [3.8, 4) is 0 Å². The molecular weight excluding hydrogens is 360 g/mol. The molecule has 4 nitrogen and oxygen atoms in total. The summed E-state index contributed by atoms with van der Waals surface area (Å²) in [5, 5.41) is 3.46. The van der Waals surface area contributed by atoms with Gasteiger partial charge in [0.1, 0.15) is 0 Å². The number of aryl methyl sites for hydroxylation is 1. The lowest BCUT2D eigenvalue weighted by Gasteiger charge is -2.10. The normalized spacial score (nSPS) is 10.6. The van der Waals surface area contributed by atoms with Gasteiger partial charge in [0.2, 0.25) is 0 Å². The van der Waals surface area contributed by atoms with Crippen molar-refractivity contribution in [2.75, 3.05) is 5.32 Å². The lowest BCUT2D eigenvalue weighted by atomic mass is 10.1. The van der Waals surface area contributed by atoms with Crippen molar-refractivity contribution in [2.45, 2.75) is 26.3 Å². The van der Waals surface area contributed by atoms with Crippen molar-refractivity contribution in [3.05, 3.63) is 98.9 Å². The number of aromatic nitrogens is 1. The SMILES string of the molecule is CCCc1ccc(NC(=O)c2ccc(=O)n(Cc3ccccc3Cl)c2)cc1. The number of rotatable bonds is 6. The van der Waals surface area contributed by atoms with Gasteiger partial charge in [0, 0.05) is 23.0 Å². The van der Waals surface area contributed by atoms with Crippen LogP contribution in [0, 0.1) is 0 Å². The standard InChI is InChI=1S/C22H21ClN2O2/c1-2-5-16-8-11-19(12-9-16)24-22(27)18-10-13-21(26)25(15-18)14-17-6-3-4-7-20(17)23/h3-4,6-13,15H,2,5,14H2,1H3,(H,24,27). The van der Waals surface area contributed by atoms with Crippen molar-refractivity contribution < 1.29 is 4.79 Å². The van der Waals surface area contributed by atoms with E-state index in [-0.39, 0.29) is 11.5 Å². The number of hydrogen-bond donors (Lipinski definition) is 1. The minimum absolute atomic E-state index is 0.185. The molecule has 0 aliphatic heterocycles. The average molecular weight is 381 g/mol. The lowest BCUT2D eigenvalue weighted by molar-refractivity contribution is 0.102. The summed E-state index contributed by atoms with van der Waals surface area (Å²) in [6.07, 6.45) is 3.66. The Balaban J connectivity index is 1.77. The number of amides is 1. The van der Waals surface area contributed by atoms with Gasteiger partial charge in [-0.15, -0.1) is 0 Å². The predicted octanol–water partition coefficient (Wildman–Crippen LogP) is 4.75. The summed E-state index contributed by atoms with van der Waals surface area (Å²) in [5.74, 6) is -0.258. The third-order valence-electron chi connectivity index (χ3n) is 4.29. The zero-order valence-corrected chi connectivity index (χ0v) is 15.9. The Morgan fingerprint density at radius 2 is 1.78 bits per heavy atom. The Bertz CT molecular complexity index is 994. The van der Waals surface area contributed by atoms with E-state index in [4.69, 9.17) is 11.6 Å². The van der Waals surface area contributed by atoms with Crippen LogP contribution in [0.25, 0.3) is 0 Å². The van der Waals surface area contributed by atoms with Gasteiger partial charge < -0.3 is 9.88 Å². The first-order valence-corrected chi connectivity index (χ1v) is 9.29. The molecule has 3 rings (SSSR count). The molecule has 0 aliphatic rings. The molecule has 0 bridgehead atoms. The lowest BCUT2D eigenvalue weighted by Crippen LogP contribution is -2.22.